The minimum Gasteiger partial charge on any atom is -0.418 e. The fourth-order valence-electron chi connectivity index (χ4n) is 0.376. The summed E-state index contributed by atoms with van der Waals surface area (Å²) in [7, 11) is -6.00. The topological polar surface area (TPSA) is 38.9 Å². The minimum atomic E-state index is -6.00. The van der Waals surface area contributed by atoms with Crippen molar-refractivity contribution in [1.82, 2.24) is 4.98 Å². The first kappa shape index (κ1) is 10.7. The molecule has 0 amide bonds. The monoisotopic (exact) mass is 181 g/mol. The summed E-state index contributed by atoms with van der Waals surface area (Å²) >= 11 is 0. The lowest BCUT2D eigenvalue weighted by atomic mass is 10.3. The highest BCUT2D eigenvalue weighted by Crippen LogP contribution is 2.06. The summed E-state index contributed by atoms with van der Waals surface area (Å²) in [6.07, 6.45) is 1.66. The van der Waals surface area contributed by atoms with E-state index >= 15 is 0 Å². The van der Waals surface area contributed by atoms with Gasteiger partial charge in [-0.15, -0.1) is 0 Å². The summed E-state index contributed by atoms with van der Waals surface area (Å²) in [6.45, 7) is 0. The third kappa shape index (κ3) is 11.5. The second kappa shape index (κ2) is 4.58. The number of nitrogen functional groups attached to an aromatic ring is 1. The molecule has 1 aromatic heterocycles. The molecule has 0 saturated heterocycles. The molecule has 68 valence electrons. The molecule has 0 spiro atoms. The zero-order valence-electron chi connectivity index (χ0n) is 5.92. The summed E-state index contributed by atoms with van der Waals surface area (Å²) in [6, 6.07) is 5.43. The average Bonchev–Trinajstić information content (AvgIpc) is 1.85. The van der Waals surface area contributed by atoms with E-state index in [0.29, 0.717) is 5.82 Å². The lowest BCUT2D eigenvalue weighted by Gasteiger charge is -1.94. The Morgan fingerprint density at radius 2 is 1.67 bits per heavy atom. The van der Waals surface area contributed by atoms with Gasteiger partial charge in [-0.25, -0.2) is 4.98 Å². The Labute approximate surface area is 66.5 Å². The lowest BCUT2D eigenvalue weighted by Crippen LogP contribution is -2.02. The van der Waals surface area contributed by atoms with Crippen LogP contribution in [0.25, 0.3) is 0 Å². The molecule has 2 N–H and O–H groups in total. The van der Waals surface area contributed by atoms with Crippen LogP contribution >= 0.6 is 0 Å². The van der Waals surface area contributed by atoms with Gasteiger partial charge < -0.3 is 23.0 Å². The van der Waals surface area contributed by atoms with Gasteiger partial charge in [-0.3, -0.25) is 0 Å². The third-order valence-electron chi connectivity index (χ3n) is 0.688. The van der Waals surface area contributed by atoms with E-state index in [1.54, 1.807) is 12.3 Å². The molecule has 0 radical (unpaired) electrons. The molecule has 0 bridgehead atoms. The minimum absolute atomic E-state index is 0.572. The van der Waals surface area contributed by atoms with Crippen LogP contribution in [0.5, 0.6) is 0 Å². The number of aromatic nitrogens is 1. The van der Waals surface area contributed by atoms with Crippen LogP contribution in [-0.4, -0.2) is 12.2 Å². The molecular weight excluding hydrogens is 175 g/mol. The lowest BCUT2D eigenvalue weighted by molar-refractivity contribution is 0.368. The van der Waals surface area contributed by atoms with E-state index in [9.17, 15) is 17.3 Å². The maximum Gasteiger partial charge on any atom is 0.673 e. The van der Waals surface area contributed by atoms with Crippen LogP contribution < -0.4 is 5.73 Å². The number of pyridine rings is 1. The van der Waals surface area contributed by atoms with E-state index in [4.69, 9.17) is 5.73 Å². The molecule has 1 rings (SSSR count). The van der Waals surface area contributed by atoms with Crippen LogP contribution in [0, 0.1) is 0 Å². The maximum atomic E-state index is 9.75. The van der Waals surface area contributed by atoms with E-state index in [2.05, 4.69) is 4.98 Å². The zero-order valence-corrected chi connectivity index (χ0v) is 5.92. The Bertz CT molecular complexity index is 206. The van der Waals surface area contributed by atoms with Gasteiger partial charge >= 0.3 is 7.25 Å². The maximum absolute atomic E-state index is 9.75. The van der Waals surface area contributed by atoms with Crippen molar-refractivity contribution < 1.29 is 17.3 Å². The smallest absolute Gasteiger partial charge is 0.418 e. The highest BCUT2D eigenvalue weighted by molar-refractivity contribution is 6.50. The van der Waals surface area contributed by atoms with Gasteiger partial charge in [-0.2, -0.15) is 0 Å². The highest BCUT2D eigenvalue weighted by Gasteiger charge is 2.20. The van der Waals surface area contributed by atoms with Crippen LogP contribution in [0.15, 0.2) is 24.4 Å². The largest absolute Gasteiger partial charge is 0.673 e. The number of hydrogen-bond donors (Lipinski definition) is 1. The van der Waals surface area contributed by atoms with Crippen molar-refractivity contribution in [3.05, 3.63) is 24.4 Å². The first-order chi connectivity index (χ1) is 5.39. The predicted molar refractivity (Wildman–Crippen MR) is 38.8 cm³/mol. The van der Waals surface area contributed by atoms with Crippen LogP contribution in [0.3, 0.4) is 0 Å². The Balaban J connectivity index is 0.000000217. The van der Waals surface area contributed by atoms with Gasteiger partial charge in [-0.1, -0.05) is 6.07 Å². The molecule has 0 saturated carbocycles. The summed E-state index contributed by atoms with van der Waals surface area (Å²) in [5.41, 5.74) is 5.25. The molecule has 0 aliphatic carbocycles. The van der Waals surface area contributed by atoms with Gasteiger partial charge in [0.15, 0.2) is 0 Å². The van der Waals surface area contributed by atoms with Crippen LogP contribution in [0.2, 0.25) is 0 Å². The Morgan fingerprint density at radius 3 is 1.83 bits per heavy atom. The molecule has 0 atom stereocenters. The van der Waals surface area contributed by atoms with Gasteiger partial charge in [0.1, 0.15) is 5.82 Å². The molecule has 0 aromatic carbocycles. The second-order valence-electron chi connectivity index (χ2n) is 1.75. The number of nitrogens with two attached hydrogens (primary N) is 1. The van der Waals surface area contributed by atoms with E-state index in [-0.39, 0.29) is 0 Å². The summed E-state index contributed by atoms with van der Waals surface area (Å²) in [5, 5.41) is 0. The summed E-state index contributed by atoms with van der Waals surface area (Å²) in [4.78, 5) is 3.76. The fraction of sp³-hybridized carbons (Fsp3) is 0. The first-order valence-electron chi connectivity index (χ1n) is 2.93. The van der Waals surface area contributed by atoms with E-state index in [1.807, 2.05) is 12.1 Å². The molecule has 12 heavy (non-hydrogen) atoms. The molecule has 7 heteroatoms. The van der Waals surface area contributed by atoms with Crippen molar-refractivity contribution in [3.8, 4) is 0 Å². The number of hydrogen-bond acceptors (Lipinski definition) is 2. The van der Waals surface area contributed by atoms with Crippen molar-refractivity contribution in [2.75, 3.05) is 5.73 Å². The third-order valence-corrected chi connectivity index (χ3v) is 0.688. The molecule has 0 fully saturated rings. The quantitative estimate of drug-likeness (QED) is 0.490. The normalized spacial score (nSPS) is 10.0. The summed E-state index contributed by atoms with van der Waals surface area (Å²) in [5.74, 6) is 0.572. The van der Waals surface area contributed by atoms with Crippen molar-refractivity contribution >= 4 is 13.1 Å². The Hall–Kier alpha value is -1.27. The summed E-state index contributed by atoms with van der Waals surface area (Å²) < 4.78 is 39.0. The van der Waals surface area contributed by atoms with Crippen molar-refractivity contribution in [3.63, 3.8) is 0 Å². The number of halogens is 4. The van der Waals surface area contributed by atoms with E-state index in [0.717, 1.165) is 0 Å². The molecule has 1 heterocycles. The van der Waals surface area contributed by atoms with Crippen molar-refractivity contribution in [1.29, 1.82) is 0 Å². The number of rotatable bonds is 0. The number of nitrogens with zero attached hydrogens (tertiary/aromatic N) is 1. The van der Waals surface area contributed by atoms with Gasteiger partial charge in [0.2, 0.25) is 0 Å². The van der Waals surface area contributed by atoms with Crippen molar-refractivity contribution in [2.45, 2.75) is 0 Å². The Kier molecular flexibility index (Phi) is 4.10. The first-order valence-corrected chi connectivity index (χ1v) is 2.93. The zero-order chi connectivity index (χ0) is 9.61. The van der Waals surface area contributed by atoms with E-state index in [1.165, 1.54) is 0 Å². The SMILES string of the molecule is F[B-](F)(F)F.Nc1ccccn1. The van der Waals surface area contributed by atoms with Crippen LogP contribution in [-0.2, 0) is 0 Å². The molecule has 2 nitrogen and oxygen atoms in total. The van der Waals surface area contributed by atoms with Crippen LogP contribution in [0.4, 0.5) is 23.1 Å². The second-order valence-corrected chi connectivity index (χ2v) is 1.75. The standard InChI is InChI=1S/C5H6N2.BF4/c6-5-3-1-2-4-7-5;2-1(3,4)5/h1-4H,(H2,6,7);/q;-1. The fourth-order valence-corrected chi connectivity index (χ4v) is 0.376. The molecular formula is C5H6BF4N2-. The van der Waals surface area contributed by atoms with Crippen molar-refractivity contribution in [2.24, 2.45) is 0 Å². The Morgan fingerprint density at radius 1 is 1.17 bits per heavy atom. The van der Waals surface area contributed by atoms with Gasteiger partial charge in [-0.05, 0) is 12.1 Å². The van der Waals surface area contributed by atoms with Crippen LogP contribution in [0.1, 0.15) is 0 Å². The molecule has 0 aliphatic rings. The molecule has 1 aromatic rings. The molecule has 0 aliphatic heterocycles. The predicted octanol–water partition coefficient (Wildman–Crippen LogP) is 1.96. The average molecular weight is 181 g/mol. The van der Waals surface area contributed by atoms with Gasteiger partial charge in [0, 0.05) is 6.20 Å². The highest BCUT2D eigenvalue weighted by atomic mass is 19.5. The van der Waals surface area contributed by atoms with E-state index < -0.39 is 7.25 Å². The van der Waals surface area contributed by atoms with Gasteiger partial charge in [0.05, 0.1) is 0 Å². The van der Waals surface area contributed by atoms with Gasteiger partial charge in [0.25, 0.3) is 0 Å². The number of anilines is 1. The molecule has 0 unspecified atom stereocenters.